The second-order valence-electron chi connectivity index (χ2n) is 10.8. The number of ether oxygens (including phenoxy) is 3. The third-order valence-electron chi connectivity index (χ3n) is 7.91. The minimum absolute atomic E-state index is 0.137. The fourth-order valence-electron chi connectivity index (χ4n) is 5.91. The van der Waals surface area contributed by atoms with Gasteiger partial charge in [-0.25, -0.2) is 4.98 Å². The minimum Gasteiger partial charge on any atom is -0.488 e. The molecule has 5 rings (SSSR count). The molecule has 2 aliphatic rings. The summed E-state index contributed by atoms with van der Waals surface area (Å²) in [6.07, 6.45) is 1.18. The third-order valence-corrected chi connectivity index (χ3v) is 7.91. The molecule has 3 aromatic rings. The number of aromatic nitrogens is 3. The van der Waals surface area contributed by atoms with Gasteiger partial charge < -0.3 is 14.2 Å². The quantitative estimate of drug-likeness (QED) is 0.216. The molecule has 0 spiro atoms. The van der Waals surface area contributed by atoms with Crippen LogP contribution in [0.25, 0.3) is 11.4 Å². The smallest absolute Gasteiger partial charge is 0.417 e. The maximum Gasteiger partial charge on any atom is 0.417 e. The lowest BCUT2D eigenvalue weighted by Crippen LogP contribution is -2.42. The van der Waals surface area contributed by atoms with Gasteiger partial charge in [0.15, 0.2) is 5.82 Å². The van der Waals surface area contributed by atoms with Crippen molar-refractivity contribution in [1.29, 1.82) is 0 Å². The monoisotopic (exact) mass is 582 g/mol. The maximum atomic E-state index is 14.6. The van der Waals surface area contributed by atoms with E-state index in [0.29, 0.717) is 73.1 Å². The van der Waals surface area contributed by atoms with Crippen molar-refractivity contribution in [3.63, 3.8) is 0 Å². The highest BCUT2D eigenvalue weighted by Gasteiger charge is 2.39. The first kappa shape index (κ1) is 29.8. The number of nitrogens with zero attached hydrogens (tertiary/aromatic N) is 4. The molecule has 2 aromatic heterocycles. The van der Waals surface area contributed by atoms with Crippen molar-refractivity contribution in [2.24, 2.45) is 0 Å². The molecule has 10 heteroatoms. The fourth-order valence-corrected chi connectivity index (χ4v) is 5.91. The molecule has 1 fully saturated rings. The number of rotatable bonds is 8. The van der Waals surface area contributed by atoms with Crippen molar-refractivity contribution in [1.82, 2.24) is 19.7 Å². The lowest BCUT2D eigenvalue weighted by molar-refractivity contribution is -0.139. The van der Waals surface area contributed by atoms with Gasteiger partial charge in [0, 0.05) is 49.5 Å². The average Bonchev–Trinajstić information content (AvgIpc) is 3.47. The van der Waals surface area contributed by atoms with Crippen molar-refractivity contribution in [3.05, 3.63) is 88.0 Å². The molecule has 0 unspecified atom stereocenters. The molecular formula is C32H37F3N4O3. The van der Waals surface area contributed by atoms with E-state index in [1.807, 2.05) is 45.0 Å². The molecule has 0 bridgehead atoms. The van der Waals surface area contributed by atoms with Gasteiger partial charge in [-0.15, -0.1) is 0 Å². The van der Waals surface area contributed by atoms with Crippen LogP contribution in [0.1, 0.15) is 61.6 Å². The number of alkyl halides is 3. The first-order chi connectivity index (χ1) is 20.2. The summed E-state index contributed by atoms with van der Waals surface area (Å²) < 4.78 is 62.3. The molecule has 1 saturated heterocycles. The molecule has 42 heavy (non-hydrogen) atoms. The first-order valence-corrected chi connectivity index (χ1v) is 14.3. The van der Waals surface area contributed by atoms with E-state index in [1.54, 1.807) is 36.2 Å². The summed E-state index contributed by atoms with van der Waals surface area (Å²) in [5.41, 5.74) is 2.83. The molecule has 1 aromatic carbocycles. The molecule has 0 aliphatic carbocycles. The van der Waals surface area contributed by atoms with Gasteiger partial charge in [0.1, 0.15) is 12.4 Å². The lowest BCUT2D eigenvalue weighted by Gasteiger charge is -2.38. The zero-order valence-corrected chi connectivity index (χ0v) is 24.5. The van der Waals surface area contributed by atoms with E-state index in [4.69, 9.17) is 19.2 Å². The zero-order chi connectivity index (χ0) is 29.9. The summed E-state index contributed by atoms with van der Waals surface area (Å²) >= 11 is 0. The van der Waals surface area contributed by atoms with Crippen LogP contribution in [0.3, 0.4) is 0 Å². The SMILES string of the molecule is C/C=C(\C(OCc1ccc2c(c1C(F)(F)F)CCN(C1CCOCC1)C2)=C(C)C)c1cccc(-n2nccc2OC)n1. The van der Waals surface area contributed by atoms with Crippen molar-refractivity contribution in [2.75, 3.05) is 26.9 Å². The molecule has 4 heterocycles. The molecule has 7 nitrogen and oxygen atoms in total. The number of pyridine rings is 1. The van der Waals surface area contributed by atoms with Gasteiger partial charge in [0.25, 0.3) is 0 Å². The summed E-state index contributed by atoms with van der Waals surface area (Å²) in [6.45, 7) is 7.94. The van der Waals surface area contributed by atoms with Gasteiger partial charge in [-0.05, 0) is 68.9 Å². The Morgan fingerprint density at radius 1 is 1.12 bits per heavy atom. The standard InChI is InChI=1S/C32H37F3N4O3/c1-5-25(27-7-6-8-28(37-27)39-29(40-4)11-15-36-39)31(21(2)3)42-20-23-10-9-22-19-38(24-13-17-41-18-14-24)16-12-26(22)30(23)32(33,34)35/h5-11,15,24H,12-14,16-20H2,1-4H3/b25-5-. The van der Waals surface area contributed by atoms with Crippen LogP contribution < -0.4 is 4.74 Å². The predicted octanol–water partition coefficient (Wildman–Crippen LogP) is 6.75. The van der Waals surface area contributed by atoms with Crippen LogP contribution in [0.5, 0.6) is 5.88 Å². The van der Waals surface area contributed by atoms with E-state index in [2.05, 4.69) is 10.00 Å². The van der Waals surface area contributed by atoms with E-state index in [0.717, 1.165) is 24.0 Å². The van der Waals surface area contributed by atoms with Gasteiger partial charge in [0.05, 0.1) is 24.6 Å². The van der Waals surface area contributed by atoms with Crippen molar-refractivity contribution in [2.45, 2.75) is 65.4 Å². The number of benzene rings is 1. The van der Waals surface area contributed by atoms with Crippen molar-refractivity contribution >= 4 is 5.57 Å². The van der Waals surface area contributed by atoms with Gasteiger partial charge in [-0.2, -0.15) is 23.0 Å². The highest BCUT2D eigenvalue weighted by molar-refractivity contribution is 5.76. The van der Waals surface area contributed by atoms with Crippen LogP contribution >= 0.6 is 0 Å². The van der Waals surface area contributed by atoms with E-state index >= 15 is 0 Å². The molecule has 0 amide bonds. The Bertz CT molecular complexity index is 1470. The van der Waals surface area contributed by atoms with Crippen LogP contribution in [0.2, 0.25) is 0 Å². The fraction of sp³-hybridized carbons (Fsp3) is 0.438. The van der Waals surface area contributed by atoms with Crippen LogP contribution in [0.15, 0.2) is 60.0 Å². The predicted molar refractivity (Wildman–Crippen MR) is 154 cm³/mol. The van der Waals surface area contributed by atoms with Gasteiger partial charge in [0.2, 0.25) is 5.88 Å². The number of methoxy groups -OCH3 is 1. The number of fused-ring (bicyclic) bond motifs is 1. The summed E-state index contributed by atoms with van der Waals surface area (Å²) in [5, 5.41) is 4.29. The summed E-state index contributed by atoms with van der Waals surface area (Å²) in [5.74, 6) is 1.57. The molecule has 2 aliphatic heterocycles. The van der Waals surface area contributed by atoms with E-state index in [-0.39, 0.29) is 12.2 Å². The Hall–Kier alpha value is -3.63. The first-order valence-electron chi connectivity index (χ1n) is 14.3. The Morgan fingerprint density at radius 2 is 1.90 bits per heavy atom. The molecular weight excluding hydrogens is 545 g/mol. The molecule has 224 valence electrons. The number of allylic oxidation sites excluding steroid dienone is 3. The molecule has 0 N–H and O–H groups in total. The zero-order valence-electron chi connectivity index (χ0n) is 24.5. The highest BCUT2D eigenvalue weighted by atomic mass is 19.4. The normalized spacial score (nSPS) is 16.7. The van der Waals surface area contributed by atoms with Crippen LogP contribution in [-0.4, -0.2) is 52.6 Å². The van der Waals surface area contributed by atoms with Gasteiger partial charge in [-0.1, -0.05) is 24.3 Å². The van der Waals surface area contributed by atoms with E-state index < -0.39 is 11.7 Å². The lowest BCUT2D eigenvalue weighted by atomic mass is 9.89. The molecule has 0 radical (unpaired) electrons. The van der Waals surface area contributed by atoms with Gasteiger partial charge in [-0.3, -0.25) is 4.90 Å². The minimum atomic E-state index is -4.49. The number of hydrogen-bond acceptors (Lipinski definition) is 6. The average molecular weight is 583 g/mol. The Labute approximate surface area is 244 Å². The Kier molecular flexibility index (Phi) is 9.03. The van der Waals surface area contributed by atoms with Crippen LogP contribution in [0, 0.1) is 0 Å². The number of hydrogen-bond donors (Lipinski definition) is 0. The summed E-state index contributed by atoms with van der Waals surface area (Å²) in [6, 6.07) is 11.0. The Morgan fingerprint density at radius 3 is 2.60 bits per heavy atom. The number of halogens is 3. The highest BCUT2D eigenvalue weighted by Crippen LogP contribution is 2.40. The molecule has 0 atom stereocenters. The maximum absolute atomic E-state index is 14.6. The largest absolute Gasteiger partial charge is 0.488 e. The van der Waals surface area contributed by atoms with Crippen LogP contribution in [-0.2, 0) is 35.2 Å². The van der Waals surface area contributed by atoms with Crippen molar-refractivity contribution in [3.8, 4) is 11.7 Å². The summed E-state index contributed by atoms with van der Waals surface area (Å²) in [7, 11) is 1.56. The second-order valence-corrected chi connectivity index (χ2v) is 10.8. The topological polar surface area (TPSA) is 61.6 Å². The second kappa shape index (κ2) is 12.7. The van der Waals surface area contributed by atoms with Crippen LogP contribution in [0.4, 0.5) is 13.2 Å². The third kappa shape index (κ3) is 6.24. The summed E-state index contributed by atoms with van der Waals surface area (Å²) in [4.78, 5) is 7.07. The Balaban J connectivity index is 1.41. The molecule has 0 saturated carbocycles. The van der Waals surface area contributed by atoms with Gasteiger partial charge >= 0.3 is 6.18 Å². The van der Waals surface area contributed by atoms with E-state index in [9.17, 15) is 13.2 Å². The van der Waals surface area contributed by atoms with Crippen molar-refractivity contribution < 1.29 is 27.4 Å². The van der Waals surface area contributed by atoms with E-state index in [1.165, 1.54) is 0 Å².